The molecule has 0 aromatic heterocycles. The number of carboxylic acid groups (broad SMARTS) is 1. The van der Waals surface area contributed by atoms with Crippen molar-refractivity contribution in [2.45, 2.75) is 13.0 Å². The lowest BCUT2D eigenvalue weighted by molar-refractivity contribution is -0.491. The van der Waals surface area contributed by atoms with Gasteiger partial charge in [-0.2, -0.15) is 8.42 Å². The van der Waals surface area contributed by atoms with E-state index in [4.69, 9.17) is 5.11 Å². The molecule has 16 heavy (non-hydrogen) atoms. The zero-order valence-corrected chi connectivity index (χ0v) is 8.89. The van der Waals surface area contributed by atoms with Crippen LogP contribution in [0.4, 0.5) is 0 Å². The van der Waals surface area contributed by atoms with Crippen LogP contribution in [0.5, 0.6) is 0 Å². The molecule has 1 aliphatic carbocycles. The lowest BCUT2D eigenvalue weighted by Gasteiger charge is -2.14. The van der Waals surface area contributed by atoms with E-state index in [-0.39, 0.29) is 5.57 Å². The van der Waals surface area contributed by atoms with Crippen LogP contribution in [0, 0.1) is 10.1 Å². The summed E-state index contributed by atoms with van der Waals surface area (Å²) in [5.41, 5.74) is -0.394. The Hall–Kier alpha value is -1.96. The molecule has 0 fully saturated rings. The maximum Gasteiger partial charge on any atom is 0.338 e. The highest BCUT2D eigenvalue weighted by molar-refractivity contribution is 7.73. The molecule has 0 bridgehead atoms. The Kier molecular flexibility index (Phi) is 3.23. The molecule has 0 amide bonds. The first-order chi connectivity index (χ1) is 7.36. The highest BCUT2D eigenvalue weighted by atomic mass is 32.2. The minimum absolute atomic E-state index is 0.167. The number of aliphatic carboxylic acids is 1. The molecule has 86 valence electrons. The molecule has 1 unspecified atom stereocenters. The summed E-state index contributed by atoms with van der Waals surface area (Å²) in [5, 5.41) is 19.4. The topological polar surface area (TPSA) is 115 Å². The van der Waals surface area contributed by atoms with Gasteiger partial charge in [0, 0.05) is 4.92 Å². The number of rotatable bonds is 2. The smallest absolute Gasteiger partial charge is 0.338 e. The largest absolute Gasteiger partial charge is 0.478 e. The molecule has 8 heteroatoms. The van der Waals surface area contributed by atoms with Gasteiger partial charge >= 0.3 is 5.97 Å². The molecular formula is C8H7NO6S. The number of nitro groups is 1. The van der Waals surface area contributed by atoms with Crippen molar-refractivity contribution in [3.8, 4) is 0 Å². The summed E-state index contributed by atoms with van der Waals surface area (Å²) in [4.78, 5) is 20.0. The lowest BCUT2D eigenvalue weighted by Crippen LogP contribution is -2.37. The predicted molar refractivity (Wildman–Crippen MR) is 54.2 cm³/mol. The number of hydrogen-bond donors (Lipinski definition) is 1. The van der Waals surface area contributed by atoms with E-state index in [9.17, 15) is 23.3 Å². The zero-order valence-electron chi connectivity index (χ0n) is 8.08. The summed E-state index contributed by atoms with van der Waals surface area (Å²) in [6.45, 7) is 1.37. The molecule has 0 aromatic rings. The first-order valence-corrected chi connectivity index (χ1v) is 5.15. The van der Waals surface area contributed by atoms with Crippen LogP contribution in [0.15, 0.2) is 23.3 Å². The van der Waals surface area contributed by atoms with Crippen molar-refractivity contribution in [3.63, 3.8) is 0 Å². The molecule has 1 N–H and O–H groups in total. The Labute approximate surface area is 91.4 Å². The SMILES string of the molecule is CC1=CC=C(C(=O)O)C([N+](=O)[O-])C1=S(=O)=O. The molecule has 7 nitrogen and oxygen atoms in total. The van der Waals surface area contributed by atoms with E-state index in [1.165, 1.54) is 13.0 Å². The van der Waals surface area contributed by atoms with E-state index in [0.717, 1.165) is 6.08 Å². The minimum Gasteiger partial charge on any atom is -0.478 e. The fourth-order valence-corrected chi connectivity index (χ4v) is 2.09. The van der Waals surface area contributed by atoms with Gasteiger partial charge < -0.3 is 5.11 Å². The van der Waals surface area contributed by atoms with Gasteiger partial charge in [0.1, 0.15) is 5.57 Å². The van der Waals surface area contributed by atoms with E-state index in [2.05, 4.69) is 0 Å². The molecule has 0 spiro atoms. The van der Waals surface area contributed by atoms with Crippen LogP contribution in [0.25, 0.3) is 0 Å². The van der Waals surface area contributed by atoms with Gasteiger partial charge in [-0.25, -0.2) is 4.79 Å². The monoisotopic (exact) mass is 245 g/mol. The first-order valence-electron chi connectivity index (χ1n) is 4.08. The number of allylic oxidation sites excluding steroid dienone is 2. The fourth-order valence-electron chi connectivity index (χ4n) is 1.37. The summed E-state index contributed by atoms with van der Waals surface area (Å²) in [5.74, 6) is -1.51. The number of carboxylic acids is 1. The third-order valence-electron chi connectivity index (χ3n) is 2.08. The number of hydrogen-bond acceptors (Lipinski definition) is 5. The second-order valence-electron chi connectivity index (χ2n) is 3.06. The van der Waals surface area contributed by atoms with Crippen molar-refractivity contribution in [3.05, 3.63) is 33.4 Å². The maximum absolute atomic E-state index is 10.8. The average Bonchev–Trinajstić information content (AvgIpc) is 2.15. The second kappa shape index (κ2) is 4.27. The summed E-state index contributed by atoms with van der Waals surface area (Å²) in [6.07, 6.45) is 2.27. The van der Waals surface area contributed by atoms with Crippen molar-refractivity contribution in [2.75, 3.05) is 0 Å². The minimum atomic E-state index is -2.82. The fraction of sp³-hybridized carbons (Fsp3) is 0.250. The lowest BCUT2D eigenvalue weighted by atomic mass is 9.94. The van der Waals surface area contributed by atoms with Gasteiger partial charge in [0.05, 0.1) is 0 Å². The van der Waals surface area contributed by atoms with Crippen molar-refractivity contribution in [2.24, 2.45) is 0 Å². The van der Waals surface area contributed by atoms with E-state index in [1.807, 2.05) is 0 Å². The number of carbonyl (C=O) groups is 1. The highest BCUT2D eigenvalue weighted by Crippen LogP contribution is 2.18. The normalized spacial score (nSPS) is 19.8. The van der Waals surface area contributed by atoms with Crippen molar-refractivity contribution in [1.82, 2.24) is 0 Å². The summed E-state index contributed by atoms with van der Waals surface area (Å²) in [7, 11) is -2.82. The summed E-state index contributed by atoms with van der Waals surface area (Å²) in [6, 6.07) is -1.83. The average molecular weight is 245 g/mol. The predicted octanol–water partition coefficient (Wildman–Crippen LogP) is -0.346. The first kappa shape index (κ1) is 12.1. The third-order valence-corrected chi connectivity index (χ3v) is 2.99. The third kappa shape index (κ3) is 2.01. The second-order valence-corrected chi connectivity index (χ2v) is 3.97. The Morgan fingerprint density at radius 1 is 1.50 bits per heavy atom. The molecule has 1 aliphatic rings. The molecule has 0 radical (unpaired) electrons. The maximum atomic E-state index is 10.8. The van der Waals surface area contributed by atoms with Gasteiger partial charge in [0.15, 0.2) is 4.86 Å². The highest BCUT2D eigenvalue weighted by Gasteiger charge is 2.39. The van der Waals surface area contributed by atoms with E-state index in [0.29, 0.717) is 0 Å². The van der Waals surface area contributed by atoms with Gasteiger partial charge in [-0.15, -0.1) is 0 Å². The standard InChI is InChI=1S/C8H7NO6S/c1-4-2-3-5(8(10)11)6(9(12)13)7(4)16(14)15/h2-3,6H,1H3,(H,10,11). The van der Waals surface area contributed by atoms with Gasteiger partial charge in [-0.3, -0.25) is 10.1 Å². The molecule has 0 aliphatic heterocycles. The molecule has 0 heterocycles. The van der Waals surface area contributed by atoms with Crippen LogP contribution in [0.2, 0.25) is 0 Å². The Morgan fingerprint density at radius 3 is 2.44 bits per heavy atom. The summed E-state index contributed by atoms with van der Waals surface area (Å²) >= 11 is 0. The zero-order chi connectivity index (χ0) is 12.5. The summed E-state index contributed by atoms with van der Waals surface area (Å²) < 4.78 is 21.7. The van der Waals surface area contributed by atoms with E-state index < -0.39 is 37.7 Å². The molecule has 0 aromatic carbocycles. The number of nitrogens with zero attached hydrogens (tertiary/aromatic N) is 1. The molecule has 0 saturated heterocycles. The van der Waals surface area contributed by atoms with Gasteiger partial charge in [-0.05, 0) is 18.6 Å². The Bertz CT molecular complexity index is 545. The van der Waals surface area contributed by atoms with Crippen molar-refractivity contribution >= 4 is 21.1 Å². The molecule has 1 atom stereocenters. The van der Waals surface area contributed by atoms with Gasteiger partial charge in [-0.1, -0.05) is 6.08 Å². The van der Waals surface area contributed by atoms with Crippen molar-refractivity contribution < 1.29 is 23.2 Å². The van der Waals surface area contributed by atoms with Crippen LogP contribution in [-0.4, -0.2) is 35.3 Å². The molecule has 0 saturated carbocycles. The van der Waals surface area contributed by atoms with Gasteiger partial charge in [0.2, 0.25) is 10.3 Å². The Balaban J connectivity index is 3.53. The van der Waals surface area contributed by atoms with Crippen LogP contribution in [0.1, 0.15) is 6.92 Å². The Morgan fingerprint density at radius 2 is 2.06 bits per heavy atom. The van der Waals surface area contributed by atoms with Gasteiger partial charge in [0.25, 0.3) is 6.04 Å². The van der Waals surface area contributed by atoms with E-state index in [1.54, 1.807) is 0 Å². The molecular weight excluding hydrogens is 238 g/mol. The van der Waals surface area contributed by atoms with Crippen LogP contribution >= 0.6 is 0 Å². The van der Waals surface area contributed by atoms with E-state index >= 15 is 0 Å². The van der Waals surface area contributed by atoms with Crippen LogP contribution in [-0.2, 0) is 15.1 Å². The molecule has 1 rings (SSSR count). The van der Waals surface area contributed by atoms with Crippen molar-refractivity contribution in [1.29, 1.82) is 0 Å². The quantitative estimate of drug-likeness (QED) is 0.404. The van der Waals surface area contributed by atoms with Crippen LogP contribution < -0.4 is 0 Å². The van der Waals surface area contributed by atoms with Crippen LogP contribution in [0.3, 0.4) is 0 Å².